The van der Waals surface area contributed by atoms with E-state index in [9.17, 15) is 26.3 Å². The standard InChI is InChI=1S/C18H11F6NOS/c1-10-6-14(11-2-4-12(5-3-11)17(19,20)21)25-16(7-10)26-13-8-15(27-9-13)18(22,23)24/h2-9H,1H3. The van der Waals surface area contributed by atoms with E-state index in [0.29, 0.717) is 28.2 Å². The number of benzene rings is 1. The molecule has 9 heteroatoms. The molecule has 27 heavy (non-hydrogen) atoms. The van der Waals surface area contributed by atoms with Crippen molar-refractivity contribution in [2.45, 2.75) is 19.3 Å². The van der Waals surface area contributed by atoms with Crippen LogP contribution in [0.2, 0.25) is 0 Å². The van der Waals surface area contributed by atoms with Crippen LogP contribution in [0, 0.1) is 6.92 Å². The van der Waals surface area contributed by atoms with E-state index in [1.807, 2.05) is 0 Å². The summed E-state index contributed by atoms with van der Waals surface area (Å²) in [7, 11) is 0. The first kappa shape index (κ1) is 19.2. The van der Waals surface area contributed by atoms with E-state index >= 15 is 0 Å². The molecule has 0 unspecified atom stereocenters. The molecule has 0 saturated carbocycles. The largest absolute Gasteiger partial charge is 0.438 e. The minimum Gasteiger partial charge on any atom is -0.438 e. The van der Waals surface area contributed by atoms with Gasteiger partial charge in [-0.3, -0.25) is 0 Å². The number of nitrogens with zero attached hydrogens (tertiary/aromatic N) is 1. The number of aromatic nitrogens is 1. The van der Waals surface area contributed by atoms with E-state index in [1.54, 1.807) is 13.0 Å². The molecule has 0 fully saturated rings. The van der Waals surface area contributed by atoms with Crippen LogP contribution >= 0.6 is 11.3 Å². The first-order valence-electron chi connectivity index (χ1n) is 7.52. The summed E-state index contributed by atoms with van der Waals surface area (Å²) in [5.41, 5.74) is 0.692. The van der Waals surface area contributed by atoms with Crippen LogP contribution < -0.4 is 4.74 Å². The summed E-state index contributed by atoms with van der Waals surface area (Å²) in [6.07, 6.45) is -8.90. The van der Waals surface area contributed by atoms with Crippen LogP contribution in [0.1, 0.15) is 16.0 Å². The summed E-state index contributed by atoms with van der Waals surface area (Å²) < 4.78 is 81.4. The van der Waals surface area contributed by atoms with E-state index in [1.165, 1.54) is 23.6 Å². The monoisotopic (exact) mass is 403 g/mol. The lowest BCUT2D eigenvalue weighted by atomic mass is 10.1. The number of pyridine rings is 1. The molecule has 0 radical (unpaired) electrons. The Kier molecular flexibility index (Phi) is 4.90. The van der Waals surface area contributed by atoms with Gasteiger partial charge in [0.15, 0.2) is 0 Å². The summed E-state index contributed by atoms with van der Waals surface area (Å²) in [4.78, 5) is 3.38. The van der Waals surface area contributed by atoms with E-state index < -0.39 is 22.8 Å². The van der Waals surface area contributed by atoms with Gasteiger partial charge in [0.2, 0.25) is 5.88 Å². The maximum atomic E-state index is 12.7. The van der Waals surface area contributed by atoms with Crippen LogP contribution in [0.3, 0.4) is 0 Å². The van der Waals surface area contributed by atoms with E-state index in [2.05, 4.69) is 4.98 Å². The molecule has 3 rings (SSSR count). The molecule has 2 aromatic heterocycles. The highest BCUT2D eigenvalue weighted by molar-refractivity contribution is 7.10. The Morgan fingerprint density at radius 1 is 0.889 bits per heavy atom. The van der Waals surface area contributed by atoms with Gasteiger partial charge in [0.25, 0.3) is 0 Å². The van der Waals surface area contributed by atoms with Crippen LogP contribution in [0.5, 0.6) is 11.6 Å². The molecule has 2 heterocycles. The average Bonchev–Trinajstić information content (AvgIpc) is 3.02. The molecule has 0 spiro atoms. The number of aryl methyl sites for hydroxylation is 1. The third-order valence-corrected chi connectivity index (χ3v) is 4.48. The Labute approximate surface area is 154 Å². The molecule has 142 valence electrons. The number of alkyl halides is 6. The highest BCUT2D eigenvalue weighted by atomic mass is 32.1. The predicted molar refractivity (Wildman–Crippen MR) is 88.8 cm³/mol. The number of ether oxygens (including phenoxy) is 1. The van der Waals surface area contributed by atoms with Gasteiger partial charge in [-0.2, -0.15) is 26.3 Å². The van der Waals surface area contributed by atoms with E-state index in [0.717, 1.165) is 18.2 Å². The Morgan fingerprint density at radius 3 is 2.11 bits per heavy atom. The minimum absolute atomic E-state index is 0.0104. The smallest absolute Gasteiger partial charge is 0.425 e. The quantitative estimate of drug-likeness (QED) is 0.442. The van der Waals surface area contributed by atoms with Crippen LogP contribution in [0.25, 0.3) is 11.3 Å². The fourth-order valence-electron chi connectivity index (χ4n) is 2.31. The normalized spacial score (nSPS) is 12.3. The fourth-order valence-corrected chi connectivity index (χ4v) is 2.98. The van der Waals surface area contributed by atoms with Crippen molar-refractivity contribution in [1.29, 1.82) is 0 Å². The molecule has 0 aliphatic carbocycles. The van der Waals surface area contributed by atoms with Crippen molar-refractivity contribution in [2.24, 2.45) is 0 Å². The molecule has 2 nitrogen and oxygen atoms in total. The molecular formula is C18H11F6NOS. The summed E-state index contributed by atoms with van der Waals surface area (Å²) in [6.45, 7) is 1.72. The summed E-state index contributed by atoms with van der Waals surface area (Å²) in [6, 6.07) is 8.47. The van der Waals surface area contributed by atoms with Crippen LogP contribution in [-0.4, -0.2) is 4.98 Å². The first-order chi connectivity index (χ1) is 12.5. The number of rotatable bonds is 3. The van der Waals surface area contributed by atoms with E-state index in [-0.39, 0.29) is 11.6 Å². The van der Waals surface area contributed by atoms with Crippen LogP contribution in [0.4, 0.5) is 26.3 Å². The number of hydrogen-bond acceptors (Lipinski definition) is 3. The van der Waals surface area contributed by atoms with Crippen molar-refractivity contribution in [2.75, 3.05) is 0 Å². The van der Waals surface area contributed by atoms with Crippen LogP contribution in [0.15, 0.2) is 47.8 Å². The van der Waals surface area contributed by atoms with E-state index in [4.69, 9.17) is 4.74 Å². The second kappa shape index (κ2) is 6.88. The topological polar surface area (TPSA) is 22.1 Å². The Hall–Kier alpha value is -2.55. The first-order valence-corrected chi connectivity index (χ1v) is 8.40. The molecule has 1 aromatic carbocycles. The van der Waals surface area contributed by atoms with Crippen molar-refractivity contribution in [3.05, 3.63) is 63.8 Å². The number of thiophene rings is 1. The molecule has 0 bridgehead atoms. The van der Waals surface area contributed by atoms with Gasteiger partial charge in [-0.1, -0.05) is 12.1 Å². The van der Waals surface area contributed by atoms with Crippen molar-refractivity contribution in [3.8, 4) is 22.9 Å². The zero-order valence-electron chi connectivity index (χ0n) is 13.7. The molecule has 0 aliphatic rings. The lowest BCUT2D eigenvalue weighted by Gasteiger charge is -2.10. The zero-order chi connectivity index (χ0) is 19.8. The van der Waals surface area contributed by atoms with Gasteiger partial charge in [-0.15, -0.1) is 11.3 Å². The second-order valence-electron chi connectivity index (χ2n) is 5.69. The van der Waals surface area contributed by atoms with Crippen molar-refractivity contribution >= 4 is 11.3 Å². The van der Waals surface area contributed by atoms with Gasteiger partial charge in [-0.25, -0.2) is 4.98 Å². The zero-order valence-corrected chi connectivity index (χ0v) is 14.5. The molecule has 0 aliphatic heterocycles. The van der Waals surface area contributed by atoms with Gasteiger partial charge in [0, 0.05) is 23.1 Å². The molecule has 0 saturated heterocycles. The SMILES string of the molecule is Cc1cc(Oc2csc(C(F)(F)F)c2)nc(-c2ccc(C(F)(F)F)cc2)c1. The Bertz CT molecular complexity index is 944. The average molecular weight is 403 g/mol. The molecule has 0 amide bonds. The minimum atomic E-state index is -4.46. The highest BCUT2D eigenvalue weighted by Crippen LogP contribution is 2.38. The predicted octanol–water partition coefficient (Wildman–Crippen LogP) is 6.95. The number of halogens is 6. The Balaban J connectivity index is 1.87. The Morgan fingerprint density at radius 2 is 1.56 bits per heavy atom. The second-order valence-corrected chi connectivity index (χ2v) is 6.60. The molecular weight excluding hydrogens is 392 g/mol. The van der Waals surface area contributed by atoms with Gasteiger partial charge in [-0.05, 0) is 30.7 Å². The maximum Gasteiger partial charge on any atom is 0.425 e. The number of hydrogen-bond donors (Lipinski definition) is 0. The lowest BCUT2D eigenvalue weighted by Crippen LogP contribution is -2.04. The van der Waals surface area contributed by atoms with Crippen molar-refractivity contribution in [1.82, 2.24) is 4.98 Å². The lowest BCUT2D eigenvalue weighted by molar-refractivity contribution is -0.137. The van der Waals surface area contributed by atoms with Crippen molar-refractivity contribution < 1.29 is 31.1 Å². The van der Waals surface area contributed by atoms with Gasteiger partial charge in [0.1, 0.15) is 10.6 Å². The highest BCUT2D eigenvalue weighted by Gasteiger charge is 2.33. The third kappa shape index (κ3) is 4.60. The summed E-state index contributed by atoms with van der Waals surface area (Å²) >= 11 is 0.500. The van der Waals surface area contributed by atoms with Crippen molar-refractivity contribution in [3.63, 3.8) is 0 Å². The van der Waals surface area contributed by atoms with Gasteiger partial charge >= 0.3 is 12.4 Å². The van der Waals surface area contributed by atoms with Gasteiger partial charge in [0.05, 0.1) is 11.3 Å². The molecule has 0 atom stereocenters. The molecule has 3 aromatic rings. The summed E-state index contributed by atoms with van der Waals surface area (Å²) in [5, 5.41) is 1.21. The van der Waals surface area contributed by atoms with Crippen LogP contribution in [-0.2, 0) is 12.4 Å². The maximum absolute atomic E-state index is 12.7. The third-order valence-electron chi connectivity index (χ3n) is 3.53. The summed E-state index contributed by atoms with van der Waals surface area (Å²) in [5.74, 6) is 0.0419. The van der Waals surface area contributed by atoms with Gasteiger partial charge < -0.3 is 4.74 Å². The molecule has 0 N–H and O–H groups in total. The fraction of sp³-hybridized carbons (Fsp3) is 0.167.